The van der Waals surface area contributed by atoms with Crippen molar-refractivity contribution >= 4 is 27.5 Å². The summed E-state index contributed by atoms with van der Waals surface area (Å²) in [5.41, 5.74) is 2.15. The highest BCUT2D eigenvalue weighted by Gasteiger charge is 2.19. The molecule has 0 bridgehead atoms. The van der Waals surface area contributed by atoms with Crippen LogP contribution in [0.5, 0.6) is 0 Å². The molecule has 0 radical (unpaired) electrons. The average molecular weight is 378 g/mol. The van der Waals surface area contributed by atoms with Gasteiger partial charge in [-0.3, -0.25) is 4.79 Å². The van der Waals surface area contributed by atoms with E-state index >= 15 is 0 Å². The molecule has 2 heterocycles. The first kappa shape index (κ1) is 17.5. The second-order valence-corrected chi connectivity index (χ2v) is 7.39. The number of benzene rings is 2. The molecule has 1 amide bonds. The van der Waals surface area contributed by atoms with Crippen LogP contribution in [0.2, 0.25) is 0 Å². The number of nitrogens with zero attached hydrogens (tertiary/aromatic N) is 1. The first-order chi connectivity index (χ1) is 13.1. The van der Waals surface area contributed by atoms with Crippen molar-refractivity contribution in [1.82, 2.24) is 9.88 Å². The molecule has 0 aliphatic heterocycles. The van der Waals surface area contributed by atoms with Gasteiger partial charge in [-0.1, -0.05) is 48.5 Å². The highest BCUT2D eigenvalue weighted by molar-refractivity contribution is 7.16. The maximum absolute atomic E-state index is 14.2. The second-order valence-electron chi connectivity index (χ2n) is 6.49. The number of amides is 1. The lowest BCUT2D eigenvalue weighted by molar-refractivity contribution is 0.0931. The van der Waals surface area contributed by atoms with Gasteiger partial charge in [-0.05, 0) is 36.1 Å². The van der Waals surface area contributed by atoms with E-state index in [0.717, 1.165) is 15.8 Å². The Balaban J connectivity index is 1.66. The smallest absolute Gasteiger partial charge is 0.268 e. The molecule has 0 saturated carbocycles. The summed E-state index contributed by atoms with van der Waals surface area (Å²) >= 11 is 1.55. The van der Waals surface area contributed by atoms with Crippen molar-refractivity contribution in [2.45, 2.75) is 19.5 Å². The van der Waals surface area contributed by atoms with Crippen LogP contribution < -0.4 is 5.32 Å². The van der Waals surface area contributed by atoms with E-state index in [1.807, 2.05) is 65.4 Å². The lowest BCUT2D eigenvalue weighted by atomic mass is 10.1. The summed E-state index contributed by atoms with van der Waals surface area (Å²) in [6.07, 6.45) is 0. The Morgan fingerprint density at radius 2 is 1.85 bits per heavy atom. The fraction of sp³-hybridized carbons (Fsp3) is 0.136. The Labute approximate surface area is 161 Å². The van der Waals surface area contributed by atoms with Crippen molar-refractivity contribution in [3.63, 3.8) is 0 Å². The monoisotopic (exact) mass is 378 g/mol. The Morgan fingerprint density at radius 3 is 2.63 bits per heavy atom. The number of hydrogen-bond donors (Lipinski definition) is 1. The van der Waals surface area contributed by atoms with Crippen LogP contribution in [0.15, 0.2) is 72.1 Å². The molecule has 2 aromatic heterocycles. The van der Waals surface area contributed by atoms with Crippen LogP contribution in [0.1, 0.15) is 34.6 Å². The number of hydrogen-bond acceptors (Lipinski definition) is 2. The molecular weight excluding hydrogens is 359 g/mol. The number of rotatable bonds is 5. The number of carbonyl (C=O) groups excluding carboxylic acids is 1. The summed E-state index contributed by atoms with van der Waals surface area (Å²) in [4.78, 5) is 13.9. The third-order valence-corrected chi connectivity index (χ3v) is 5.62. The molecule has 1 N–H and O–H groups in total. The molecule has 0 saturated heterocycles. The van der Waals surface area contributed by atoms with Gasteiger partial charge in [0.15, 0.2) is 0 Å². The zero-order chi connectivity index (χ0) is 18.8. The van der Waals surface area contributed by atoms with Crippen LogP contribution in [0.4, 0.5) is 4.39 Å². The lowest BCUT2D eigenvalue weighted by Crippen LogP contribution is -2.28. The molecule has 1 atom stereocenters. The van der Waals surface area contributed by atoms with Gasteiger partial charge in [0.05, 0.1) is 12.6 Å². The highest BCUT2D eigenvalue weighted by atomic mass is 32.1. The topological polar surface area (TPSA) is 34.0 Å². The van der Waals surface area contributed by atoms with Crippen LogP contribution in [0, 0.1) is 5.82 Å². The van der Waals surface area contributed by atoms with Crippen molar-refractivity contribution in [1.29, 1.82) is 0 Å². The minimum atomic E-state index is -0.264. The number of fused-ring (bicyclic) bond motifs is 1. The van der Waals surface area contributed by atoms with E-state index in [4.69, 9.17) is 0 Å². The quantitative estimate of drug-likeness (QED) is 0.497. The zero-order valence-electron chi connectivity index (χ0n) is 14.9. The van der Waals surface area contributed by atoms with Crippen molar-refractivity contribution in [3.8, 4) is 0 Å². The van der Waals surface area contributed by atoms with Crippen molar-refractivity contribution in [2.24, 2.45) is 0 Å². The highest BCUT2D eigenvalue weighted by Crippen LogP contribution is 2.27. The Kier molecular flexibility index (Phi) is 4.77. The molecule has 27 heavy (non-hydrogen) atoms. The Morgan fingerprint density at radius 1 is 1.11 bits per heavy atom. The molecule has 1 unspecified atom stereocenters. The third kappa shape index (κ3) is 3.51. The Hall–Kier alpha value is -2.92. The number of halogens is 1. The number of thiophene rings is 1. The number of carbonyl (C=O) groups is 1. The molecule has 5 heteroatoms. The maximum atomic E-state index is 14.2. The van der Waals surface area contributed by atoms with Gasteiger partial charge in [0, 0.05) is 10.9 Å². The molecule has 0 aliphatic carbocycles. The van der Waals surface area contributed by atoms with Gasteiger partial charge in [0.1, 0.15) is 16.3 Å². The van der Waals surface area contributed by atoms with E-state index in [1.54, 1.807) is 23.5 Å². The van der Waals surface area contributed by atoms with Crippen LogP contribution in [0.3, 0.4) is 0 Å². The van der Waals surface area contributed by atoms with Crippen LogP contribution in [-0.4, -0.2) is 10.5 Å². The van der Waals surface area contributed by atoms with E-state index in [-0.39, 0.29) is 17.8 Å². The SMILES string of the molecule is CC(NC(=O)c1cc2ccsc2n1Cc1ccccc1F)c1ccccc1. The molecule has 0 spiro atoms. The van der Waals surface area contributed by atoms with Crippen LogP contribution in [-0.2, 0) is 6.54 Å². The molecule has 2 aromatic carbocycles. The molecule has 0 fully saturated rings. The van der Waals surface area contributed by atoms with E-state index in [0.29, 0.717) is 17.8 Å². The van der Waals surface area contributed by atoms with Crippen molar-refractivity contribution in [2.75, 3.05) is 0 Å². The normalized spacial score (nSPS) is 12.2. The van der Waals surface area contributed by atoms with Crippen molar-refractivity contribution in [3.05, 3.63) is 94.7 Å². The molecule has 3 nitrogen and oxygen atoms in total. The third-order valence-electron chi connectivity index (χ3n) is 4.67. The van der Waals surface area contributed by atoms with E-state index < -0.39 is 0 Å². The van der Waals surface area contributed by atoms with Crippen LogP contribution in [0.25, 0.3) is 10.2 Å². The van der Waals surface area contributed by atoms with Gasteiger partial charge in [-0.15, -0.1) is 11.3 Å². The first-order valence-electron chi connectivity index (χ1n) is 8.79. The maximum Gasteiger partial charge on any atom is 0.268 e. The van der Waals surface area contributed by atoms with Crippen LogP contribution >= 0.6 is 11.3 Å². The summed E-state index contributed by atoms with van der Waals surface area (Å²) < 4.78 is 16.1. The number of nitrogens with one attached hydrogen (secondary N) is 1. The largest absolute Gasteiger partial charge is 0.344 e. The van der Waals surface area contributed by atoms with Gasteiger partial charge in [0.2, 0.25) is 0 Å². The molecular formula is C22H19FN2OS. The standard InChI is InChI=1S/C22H19FN2OS/c1-15(16-7-3-2-4-8-16)24-21(26)20-13-17-11-12-27-22(17)25(20)14-18-9-5-6-10-19(18)23/h2-13,15H,14H2,1H3,(H,24,26). The minimum absolute atomic E-state index is 0.117. The summed E-state index contributed by atoms with van der Waals surface area (Å²) in [7, 11) is 0. The van der Waals surface area contributed by atoms with Gasteiger partial charge in [-0.2, -0.15) is 0 Å². The summed E-state index contributed by atoms with van der Waals surface area (Å²) in [6.45, 7) is 2.28. The molecule has 4 rings (SSSR count). The molecule has 4 aromatic rings. The van der Waals surface area contributed by atoms with Gasteiger partial charge in [0.25, 0.3) is 5.91 Å². The summed E-state index contributed by atoms with van der Waals surface area (Å²) in [5, 5.41) is 6.03. The summed E-state index contributed by atoms with van der Waals surface area (Å²) in [5.74, 6) is -0.425. The average Bonchev–Trinajstić information content (AvgIpc) is 3.27. The first-order valence-corrected chi connectivity index (χ1v) is 9.67. The predicted molar refractivity (Wildman–Crippen MR) is 108 cm³/mol. The number of aromatic nitrogens is 1. The minimum Gasteiger partial charge on any atom is -0.344 e. The van der Waals surface area contributed by atoms with Crippen molar-refractivity contribution < 1.29 is 9.18 Å². The van der Waals surface area contributed by atoms with Gasteiger partial charge in [-0.25, -0.2) is 4.39 Å². The molecule has 0 aliphatic rings. The van der Waals surface area contributed by atoms with E-state index in [2.05, 4.69) is 5.32 Å². The fourth-order valence-electron chi connectivity index (χ4n) is 3.21. The predicted octanol–water partition coefficient (Wildman–Crippen LogP) is 5.38. The van der Waals surface area contributed by atoms with Gasteiger partial charge >= 0.3 is 0 Å². The second kappa shape index (κ2) is 7.37. The fourth-order valence-corrected chi connectivity index (χ4v) is 4.11. The van der Waals surface area contributed by atoms with E-state index in [1.165, 1.54) is 6.07 Å². The van der Waals surface area contributed by atoms with E-state index in [9.17, 15) is 9.18 Å². The molecule has 136 valence electrons. The van der Waals surface area contributed by atoms with Gasteiger partial charge < -0.3 is 9.88 Å². The summed E-state index contributed by atoms with van der Waals surface area (Å²) in [6, 6.07) is 20.3. The zero-order valence-corrected chi connectivity index (χ0v) is 15.7. The Bertz CT molecular complexity index is 1080. The lowest BCUT2D eigenvalue weighted by Gasteiger charge is -2.16.